The van der Waals surface area contributed by atoms with Crippen molar-refractivity contribution in [1.29, 1.82) is 0 Å². The van der Waals surface area contributed by atoms with E-state index in [0.717, 1.165) is 17.1 Å². The van der Waals surface area contributed by atoms with E-state index in [1.807, 2.05) is 0 Å². The fraction of sp³-hybridized carbons (Fsp3) is 0.0333. The minimum absolute atomic E-state index is 0.329. The average Bonchev–Trinajstić information content (AvgIpc) is 3.60. The van der Waals surface area contributed by atoms with Crippen LogP contribution in [0.25, 0.3) is 66.4 Å². The molecule has 0 bridgehead atoms. The first-order valence-electron chi connectivity index (χ1n) is 21.2. The van der Waals surface area contributed by atoms with Crippen LogP contribution < -0.4 is 4.90 Å². The topological polar surface area (TPSA) is 3.24 Å². The number of hydrogen-bond acceptors (Lipinski definition) is 1. The van der Waals surface area contributed by atoms with Gasteiger partial charge in [-0.3, -0.25) is 0 Å². The number of hydrogen-bond donors (Lipinski definition) is 0. The van der Waals surface area contributed by atoms with Crippen molar-refractivity contribution in [1.82, 2.24) is 0 Å². The van der Waals surface area contributed by atoms with Gasteiger partial charge in [-0.25, -0.2) is 0 Å². The fourth-order valence-corrected chi connectivity index (χ4v) is 9.74. The molecule has 1 atom stereocenters. The van der Waals surface area contributed by atoms with Gasteiger partial charge >= 0.3 is 0 Å². The van der Waals surface area contributed by atoms with Crippen LogP contribution in [0.15, 0.2) is 243 Å². The molecule has 11 rings (SSSR count). The van der Waals surface area contributed by atoms with Crippen molar-refractivity contribution in [3.8, 4) is 55.6 Å². The highest BCUT2D eigenvalue weighted by Crippen LogP contribution is 2.54. The summed E-state index contributed by atoms with van der Waals surface area (Å²) in [4.78, 5) is 2.47. The van der Waals surface area contributed by atoms with Crippen LogP contribution in [0.3, 0.4) is 0 Å². The second kappa shape index (κ2) is 15.1. The normalized spacial score (nSPS) is 14.0. The van der Waals surface area contributed by atoms with E-state index in [4.69, 9.17) is 0 Å². The lowest BCUT2D eigenvalue weighted by atomic mass is 9.74. The van der Waals surface area contributed by atoms with Gasteiger partial charge in [0.2, 0.25) is 0 Å². The number of anilines is 3. The molecule has 1 unspecified atom stereocenters. The Balaban J connectivity index is 1.10. The first-order valence-corrected chi connectivity index (χ1v) is 21.2. The van der Waals surface area contributed by atoms with Crippen LogP contribution in [-0.2, 0) is 5.41 Å². The molecular weight excluding hydrogens is 735 g/mol. The zero-order valence-electron chi connectivity index (χ0n) is 34.0. The van der Waals surface area contributed by atoms with Gasteiger partial charge in [0.1, 0.15) is 0 Å². The van der Waals surface area contributed by atoms with E-state index in [2.05, 4.69) is 254 Å². The number of nitrogens with zero attached hydrogens (tertiary/aromatic N) is 1. The van der Waals surface area contributed by atoms with Crippen LogP contribution in [0.5, 0.6) is 0 Å². The van der Waals surface area contributed by atoms with Crippen LogP contribution >= 0.6 is 0 Å². The predicted molar refractivity (Wildman–Crippen MR) is 258 cm³/mol. The predicted octanol–water partition coefficient (Wildman–Crippen LogP) is 16.3. The molecule has 0 radical (unpaired) electrons. The van der Waals surface area contributed by atoms with Gasteiger partial charge in [0.05, 0.1) is 5.69 Å². The first-order chi connectivity index (χ1) is 30.1. The van der Waals surface area contributed by atoms with Crippen LogP contribution in [0.4, 0.5) is 17.1 Å². The molecule has 1 nitrogen and oxygen atoms in total. The fourth-order valence-electron chi connectivity index (χ4n) is 9.74. The Morgan fingerprint density at radius 3 is 1.46 bits per heavy atom. The molecule has 0 spiro atoms. The Bertz CT molecular complexity index is 3160. The van der Waals surface area contributed by atoms with Gasteiger partial charge in [-0.15, -0.1) is 0 Å². The molecule has 0 aromatic heterocycles. The van der Waals surface area contributed by atoms with Crippen molar-refractivity contribution in [2.75, 3.05) is 4.90 Å². The van der Waals surface area contributed by atoms with Crippen molar-refractivity contribution >= 4 is 27.8 Å². The summed E-state index contributed by atoms with van der Waals surface area (Å²) in [6.45, 7) is 2.40. The molecule has 1 aliphatic rings. The molecule has 0 saturated heterocycles. The van der Waals surface area contributed by atoms with E-state index in [-0.39, 0.29) is 5.41 Å². The third kappa shape index (κ3) is 6.26. The minimum Gasteiger partial charge on any atom is -0.310 e. The largest absolute Gasteiger partial charge is 0.310 e. The van der Waals surface area contributed by atoms with E-state index in [9.17, 15) is 0 Å². The summed E-state index contributed by atoms with van der Waals surface area (Å²) < 4.78 is 0. The SMILES string of the molecule is CC1(c2ccccc2)c2ccccc2-c2ccc(N(c3ccc(-c4ccc(-c5ccccc5)cc4)cc3)c3ccccc3-c3cccc4cccc(-c5ccccc5)c34)cc21. The van der Waals surface area contributed by atoms with Crippen LogP contribution in [0, 0.1) is 0 Å². The third-order valence-corrected chi connectivity index (χ3v) is 12.8. The molecule has 0 N–H and O–H groups in total. The van der Waals surface area contributed by atoms with Crippen molar-refractivity contribution in [3.05, 3.63) is 259 Å². The standard InChI is InChI=1S/C60H43N/c1-60(48-23-9-4-10-24-48)56-29-13-11-25-52(56)53-40-39-50(41-57(53)60)61(49-37-35-45(36-38-49)44-33-31-43(32-34-44)42-17-5-2-6-18-42)58-30-14-12-26-54(58)55-28-16-22-47-21-15-27-51(59(47)55)46-19-7-3-8-20-46/h2-41H,1H3. The van der Waals surface area contributed by atoms with Gasteiger partial charge in [-0.2, -0.15) is 0 Å². The van der Waals surface area contributed by atoms with E-state index >= 15 is 0 Å². The highest BCUT2D eigenvalue weighted by Gasteiger charge is 2.41. The smallest absolute Gasteiger partial charge is 0.0540 e. The van der Waals surface area contributed by atoms with E-state index in [1.54, 1.807) is 0 Å². The van der Waals surface area contributed by atoms with Gasteiger partial charge in [-0.1, -0.05) is 212 Å². The Morgan fingerprint density at radius 2 is 0.787 bits per heavy atom. The Kier molecular flexibility index (Phi) is 9.02. The van der Waals surface area contributed by atoms with Crippen LogP contribution in [0.2, 0.25) is 0 Å². The van der Waals surface area contributed by atoms with Crippen molar-refractivity contribution in [3.63, 3.8) is 0 Å². The molecule has 0 fully saturated rings. The highest BCUT2D eigenvalue weighted by molar-refractivity contribution is 6.09. The number of fused-ring (bicyclic) bond motifs is 4. The molecule has 10 aromatic rings. The maximum Gasteiger partial charge on any atom is 0.0540 e. The zero-order chi connectivity index (χ0) is 40.8. The molecule has 10 aromatic carbocycles. The number of rotatable bonds is 8. The Morgan fingerprint density at radius 1 is 0.311 bits per heavy atom. The van der Waals surface area contributed by atoms with Crippen LogP contribution in [-0.4, -0.2) is 0 Å². The maximum atomic E-state index is 2.47. The van der Waals surface area contributed by atoms with Gasteiger partial charge < -0.3 is 4.90 Å². The summed E-state index contributed by atoms with van der Waals surface area (Å²) in [6.07, 6.45) is 0. The van der Waals surface area contributed by atoms with E-state index < -0.39 is 0 Å². The van der Waals surface area contributed by atoms with Crippen molar-refractivity contribution in [2.24, 2.45) is 0 Å². The molecule has 0 saturated carbocycles. The van der Waals surface area contributed by atoms with Crippen LogP contribution in [0.1, 0.15) is 23.6 Å². The summed E-state index contributed by atoms with van der Waals surface area (Å²) in [5.74, 6) is 0. The van der Waals surface area contributed by atoms with Gasteiger partial charge in [-0.05, 0) is 115 Å². The summed E-state index contributed by atoms with van der Waals surface area (Å²) >= 11 is 0. The molecule has 0 heterocycles. The maximum absolute atomic E-state index is 2.47. The molecule has 1 aliphatic carbocycles. The van der Waals surface area contributed by atoms with Gasteiger partial charge in [0.15, 0.2) is 0 Å². The third-order valence-electron chi connectivity index (χ3n) is 12.8. The molecule has 0 aliphatic heterocycles. The zero-order valence-corrected chi connectivity index (χ0v) is 34.0. The summed E-state index contributed by atoms with van der Waals surface area (Å²) in [5, 5.41) is 2.47. The summed E-state index contributed by atoms with van der Waals surface area (Å²) in [5.41, 5.74) is 19.2. The quantitative estimate of drug-likeness (QED) is 0.149. The molecule has 288 valence electrons. The molecular formula is C60H43N. The molecule has 1 heteroatoms. The second-order valence-corrected chi connectivity index (χ2v) is 16.2. The molecule has 61 heavy (non-hydrogen) atoms. The first kappa shape index (κ1) is 36.3. The lowest BCUT2D eigenvalue weighted by molar-refractivity contribution is 0.714. The second-order valence-electron chi connectivity index (χ2n) is 16.2. The average molecular weight is 778 g/mol. The highest BCUT2D eigenvalue weighted by atomic mass is 15.1. The molecule has 0 amide bonds. The lowest BCUT2D eigenvalue weighted by Crippen LogP contribution is -2.22. The van der Waals surface area contributed by atoms with E-state index in [0.29, 0.717) is 0 Å². The monoisotopic (exact) mass is 777 g/mol. The summed E-state index contributed by atoms with van der Waals surface area (Å²) in [7, 11) is 0. The van der Waals surface area contributed by atoms with Gasteiger partial charge in [0.25, 0.3) is 0 Å². The van der Waals surface area contributed by atoms with Crippen molar-refractivity contribution in [2.45, 2.75) is 12.3 Å². The minimum atomic E-state index is -0.329. The van der Waals surface area contributed by atoms with Gasteiger partial charge in [0, 0.05) is 22.4 Å². The number of benzene rings is 10. The Hall–Kier alpha value is -7.74. The van der Waals surface area contributed by atoms with E-state index in [1.165, 1.54) is 83.1 Å². The lowest BCUT2D eigenvalue weighted by Gasteiger charge is -2.32. The summed E-state index contributed by atoms with van der Waals surface area (Å²) in [6, 6.07) is 88.8. The van der Waals surface area contributed by atoms with Crippen molar-refractivity contribution < 1.29 is 0 Å². The number of para-hydroxylation sites is 1. The Labute approximate surface area is 358 Å².